The van der Waals surface area contributed by atoms with Gasteiger partial charge in [0.05, 0.1) is 11.0 Å². The number of imidazole rings is 1. The molecule has 122 valence electrons. The third-order valence-electron chi connectivity index (χ3n) is 4.43. The van der Waals surface area contributed by atoms with Crippen LogP contribution in [0.25, 0.3) is 11.0 Å². The summed E-state index contributed by atoms with van der Waals surface area (Å²) in [5.41, 5.74) is 2.55. The van der Waals surface area contributed by atoms with Gasteiger partial charge in [0, 0.05) is 44.7 Å². The summed E-state index contributed by atoms with van der Waals surface area (Å²) in [5, 5.41) is 0. The molecule has 6 heteroatoms. The molecule has 1 aromatic heterocycles. The molecular formula is C17H22N4O2. The first-order chi connectivity index (χ1) is 11.0. The molecule has 0 aliphatic carbocycles. The van der Waals surface area contributed by atoms with Gasteiger partial charge < -0.3 is 14.4 Å². The fourth-order valence-corrected chi connectivity index (χ4v) is 3.08. The van der Waals surface area contributed by atoms with E-state index in [2.05, 4.69) is 23.4 Å². The van der Waals surface area contributed by atoms with Gasteiger partial charge in [0.15, 0.2) is 0 Å². The zero-order valence-electron chi connectivity index (χ0n) is 13.8. The average molecular weight is 314 g/mol. The van der Waals surface area contributed by atoms with Gasteiger partial charge in [0.1, 0.15) is 5.82 Å². The summed E-state index contributed by atoms with van der Waals surface area (Å²) in [7, 11) is 2.00. The van der Waals surface area contributed by atoms with Crippen LogP contribution in [0.2, 0.25) is 0 Å². The molecule has 23 heavy (non-hydrogen) atoms. The van der Waals surface area contributed by atoms with E-state index in [9.17, 15) is 9.59 Å². The fourth-order valence-electron chi connectivity index (χ4n) is 3.08. The Kier molecular flexibility index (Phi) is 4.07. The number of aromatic nitrogens is 2. The third-order valence-corrected chi connectivity index (χ3v) is 4.43. The molecule has 2 amide bonds. The molecule has 1 fully saturated rings. The Bertz CT molecular complexity index is 742. The van der Waals surface area contributed by atoms with Crippen LogP contribution in [-0.2, 0) is 11.8 Å². The van der Waals surface area contributed by atoms with Crippen molar-refractivity contribution in [3.63, 3.8) is 0 Å². The van der Waals surface area contributed by atoms with Crippen molar-refractivity contribution in [1.82, 2.24) is 19.4 Å². The number of carbonyl (C=O) groups excluding carboxylic acids is 2. The van der Waals surface area contributed by atoms with Crippen molar-refractivity contribution in [2.75, 3.05) is 26.2 Å². The van der Waals surface area contributed by atoms with E-state index >= 15 is 0 Å². The molecule has 2 aromatic rings. The average Bonchev–Trinajstić information content (AvgIpc) is 2.91. The minimum Gasteiger partial charge on any atom is -0.342 e. The van der Waals surface area contributed by atoms with Crippen LogP contribution in [-0.4, -0.2) is 57.8 Å². The summed E-state index contributed by atoms with van der Waals surface area (Å²) in [5.74, 6) is 1.36. The van der Waals surface area contributed by atoms with E-state index in [1.54, 1.807) is 9.80 Å². The van der Waals surface area contributed by atoms with E-state index < -0.39 is 0 Å². The molecule has 0 radical (unpaired) electrons. The first kappa shape index (κ1) is 15.5. The van der Waals surface area contributed by atoms with Gasteiger partial charge >= 0.3 is 0 Å². The molecule has 0 atom stereocenters. The van der Waals surface area contributed by atoms with E-state index in [1.807, 2.05) is 25.2 Å². The summed E-state index contributed by atoms with van der Waals surface area (Å²) in [6.45, 7) is 6.57. The van der Waals surface area contributed by atoms with Gasteiger partial charge in [0.25, 0.3) is 5.91 Å². The molecular weight excluding hydrogens is 292 g/mol. The zero-order chi connectivity index (χ0) is 16.6. The monoisotopic (exact) mass is 314 g/mol. The molecule has 0 N–H and O–H groups in total. The lowest BCUT2D eigenvalue weighted by molar-refractivity contribution is -0.119. The maximum absolute atomic E-state index is 12.6. The van der Waals surface area contributed by atoms with Crippen LogP contribution in [0.4, 0.5) is 0 Å². The number of piperazine rings is 1. The summed E-state index contributed by atoms with van der Waals surface area (Å²) >= 11 is 0. The lowest BCUT2D eigenvalue weighted by Gasteiger charge is -2.32. The smallest absolute Gasteiger partial charge is 0.254 e. The van der Waals surface area contributed by atoms with E-state index in [0.717, 1.165) is 23.3 Å². The Morgan fingerprint density at radius 3 is 2.52 bits per heavy atom. The third kappa shape index (κ3) is 2.81. The van der Waals surface area contributed by atoms with E-state index in [1.165, 1.54) is 0 Å². The van der Waals surface area contributed by atoms with E-state index in [-0.39, 0.29) is 5.91 Å². The highest BCUT2D eigenvalue weighted by Gasteiger charge is 2.22. The highest BCUT2D eigenvalue weighted by Crippen LogP contribution is 2.22. The van der Waals surface area contributed by atoms with Crippen LogP contribution in [0.15, 0.2) is 18.2 Å². The Labute approximate surface area is 135 Å². The summed E-state index contributed by atoms with van der Waals surface area (Å²) in [6.07, 6.45) is 0.842. The summed E-state index contributed by atoms with van der Waals surface area (Å²) < 4.78 is 2.08. The lowest BCUT2D eigenvalue weighted by Crippen LogP contribution is -2.48. The second kappa shape index (κ2) is 6.02. The van der Waals surface area contributed by atoms with Crippen LogP contribution in [0.1, 0.15) is 35.9 Å². The number of hydrogen-bond donors (Lipinski definition) is 0. The fraction of sp³-hybridized carbons (Fsp3) is 0.471. The van der Waals surface area contributed by atoms with Crippen molar-refractivity contribution >= 4 is 23.4 Å². The van der Waals surface area contributed by atoms with E-state index in [4.69, 9.17) is 0 Å². The molecule has 1 aliphatic heterocycles. The molecule has 3 rings (SSSR count). The van der Waals surface area contributed by atoms with Gasteiger partial charge in [-0.15, -0.1) is 0 Å². The van der Waals surface area contributed by atoms with Crippen molar-refractivity contribution < 1.29 is 9.59 Å². The highest BCUT2D eigenvalue weighted by atomic mass is 16.2. The number of hydrogen-bond acceptors (Lipinski definition) is 3. The minimum absolute atomic E-state index is 0.00852. The maximum atomic E-state index is 12.6. The highest BCUT2D eigenvalue weighted by molar-refractivity contribution is 5.97. The second-order valence-corrected chi connectivity index (χ2v) is 6.32. The van der Waals surface area contributed by atoms with Gasteiger partial charge in [-0.25, -0.2) is 4.98 Å². The van der Waals surface area contributed by atoms with Crippen molar-refractivity contribution in [3.8, 4) is 0 Å². The number of benzene rings is 1. The summed E-state index contributed by atoms with van der Waals surface area (Å²) in [6, 6.07) is 5.70. The van der Waals surface area contributed by atoms with Crippen LogP contribution < -0.4 is 0 Å². The Morgan fingerprint density at radius 2 is 1.91 bits per heavy atom. The topological polar surface area (TPSA) is 58.4 Å². The van der Waals surface area contributed by atoms with Crippen LogP contribution in [0, 0.1) is 0 Å². The number of amides is 2. The lowest BCUT2D eigenvalue weighted by atomic mass is 10.1. The molecule has 0 spiro atoms. The largest absolute Gasteiger partial charge is 0.342 e. The Balaban J connectivity index is 1.85. The molecule has 1 saturated heterocycles. The normalized spacial score (nSPS) is 15.5. The van der Waals surface area contributed by atoms with Crippen LogP contribution >= 0.6 is 0 Å². The predicted octanol–water partition coefficient (Wildman–Crippen LogP) is 1.61. The molecule has 1 aromatic carbocycles. The van der Waals surface area contributed by atoms with Gasteiger partial charge in [-0.3, -0.25) is 9.59 Å². The van der Waals surface area contributed by atoms with Gasteiger partial charge in [-0.05, 0) is 18.2 Å². The Hall–Kier alpha value is -2.37. The van der Waals surface area contributed by atoms with Crippen molar-refractivity contribution in [1.29, 1.82) is 0 Å². The minimum atomic E-state index is 0.00852. The molecule has 2 heterocycles. The summed E-state index contributed by atoms with van der Waals surface area (Å²) in [4.78, 5) is 31.6. The maximum Gasteiger partial charge on any atom is 0.254 e. The van der Waals surface area contributed by atoms with Crippen molar-refractivity contribution in [2.24, 2.45) is 7.05 Å². The molecule has 0 bridgehead atoms. The number of rotatable bonds is 3. The van der Waals surface area contributed by atoms with E-state index in [0.29, 0.717) is 37.7 Å². The van der Waals surface area contributed by atoms with Gasteiger partial charge in [-0.1, -0.05) is 13.8 Å². The van der Waals surface area contributed by atoms with Crippen molar-refractivity contribution in [3.05, 3.63) is 29.6 Å². The Morgan fingerprint density at radius 1 is 1.22 bits per heavy atom. The molecule has 6 nitrogen and oxygen atoms in total. The number of carbonyl (C=O) groups is 2. The second-order valence-electron chi connectivity index (χ2n) is 6.32. The van der Waals surface area contributed by atoms with Gasteiger partial charge in [0.2, 0.25) is 6.41 Å². The first-order valence-electron chi connectivity index (χ1n) is 7.96. The number of fused-ring (bicyclic) bond motifs is 1. The SMILES string of the molecule is CC(C)c1nc2cc(C(=O)N3CCN(C=O)CC3)ccc2n1C. The first-order valence-corrected chi connectivity index (χ1v) is 7.96. The molecule has 1 aliphatic rings. The molecule has 0 saturated carbocycles. The van der Waals surface area contributed by atoms with Crippen LogP contribution in [0.5, 0.6) is 0 Å². The zero-order valence-corrected chi connectivity index (χ0v) is 13.8. The van der Waals surface area contributed by atoms with Crippen molar-refractivity contribution in [2.45, 2.75) is 19.8 Å². The predicted molar refractivity (Wildman–Crippen MR) is 88.3 cm³/mol. The van der Waals surface area contributed by atoms with Gasteiger partial charge in [-0.2, -0.15) is 0 Å². The quantitative estimate of drug-likeness (QED) is 0.809. The number of aryl methyl sites for hydroxylation is 1. The van der Waals surface area contributed by atoms with Crippen LogP contribution in [0.3, 0.4) is 0 Å². The standard InChI is InChI=1S/C17H22N4O2/c1-12(2)16-18-14-10-13(4-5-15(14)19(16)3)17(23)21-8-6-20(11-22)7-9-21/h4-5,10-12H,6-9H2,1-3H3. The molecule has 0 unspecified atom stereocenters. The number of nitrogens with zero attached hydrogens (tertiary/aromatic N) is 4.